The van der Waals surface area contributed by atoms with Gasteiger partial charge in [-0.3, -0.25) is 0 Å². The number of ether oxygens (including phenoxy) is 1. The van der Waals surface area contributed by atoms with Crippen LogP contribution in [-0.2, 0) is 0 Å². The molecule has 0 radical (unpaired) electrons. The van der Waals surface area contributed by atoms with Crippen LogP contribution in [0.4, 0.5) is 5.69 Å². The van der Waals surface area contributed by atoms with Crippen molar-refractivity contribution in [3.05, 3.63) is 22.7 Å². The highest BCUT2D eigenvalue weighted by atomic mass is 79.9. The van der Waals surface area contributed by atoms with Gasteiger partial charge in [0.25, 0.3) is 0 Å². The van der Waals surface area contributed by atoms with Gasteiger partial charge in [0.05, 0.1) is 11.6 Å². The van der Waals surface area contributed by atoms with E-state index in [-0.39, 0.29) is 0 Å². The molecule has 1 unspecified atom stereocenters. The number of nitrogens with one attached hydrogen (secondary N) is 1. The monoisotopic (exact) mass is 337 g/mol. The van der Waals surface area contributed by atoms with E-state index < -0.39 is 0 Å². The molecule has 3 rings (SSSR count). The topological polar surface area (TPSA) is 21.3 Å². The molecular formula is C17H24BrNO. The van der Waals surface area contributed by atoms with E-state index in [2.05, 4.69) is 60.2 Å². The van der Waals surface area contributed by atoms with Gasteiger partial charge < -0.3 is 10.1 Å². The Bertz CT molecular complexity index is 523. The zero-order chi connectivity index (χ0) is 14.5. The first-order valence-corrected chi connectivity index (χ1v) is 8.26. The highest BCUT2D eigenvalue weighted by Crippen LogP contribution is 2.63. The van der Waals surface area contributed by atoms with E-state index in [1.165, 1.54) is 19.3 Å². The van der Waals surface area contributed by atoms with Crippen molar-refractivity contribution in [1.82, 2.24) is 0 Å². The smallest absolute Gasteiger partial charge is 0.135 e. The zero-order valence-corrected chi connectivity index (χ0v) is 14.4. The van der Waals surface area contributed by atoms with E-state index in [1.54, 1.807) is 7.11 Å². The van der Waals surface area contributed by atoms with Gasteiger partial charge in [-0.1, -0.05) is 20.8 Å². The third-order valence-corrected chi connectivity index (χ3v) is 6.39. The van der Waals surface area contributed by atoms with E-state index >= 15 is 0 Å². The number of rotatable bonds is 3. The van der Waals surface area contributed by atoms with Crippen LogP contribution in [-0.4, -0.2) is 13.2 Å². The normalized spacial score (nSPS) is 34.2. The van der Waals surface area contributed by atoms with Crippen molar-refractivity contribution in [2.75, 3.05) is 12.4 Å². The van der Waals surface area contributed by atoms with E-state index in [4.69, 9.17) is 4.74 Å². The number of hydrogen-bond donors (Lipinski definition) is 1. The van der Waals surface area contributed by atoms with Gasteiger partial charge in [0.15, 0.2) is 0 Å². The number of anilines is 1. The molecule has 2 nitrogen and oxygen atoms in total. The molecule has 3 heteroatoms. The maximum atomic E-state index is 5.40. The molecule has 0 aliphatic heterocycles. The van der Waals surface area contributed by atoms with E-state index in [0.29, 0.717) is 16.9 Å². The van der Waals surface area contributed by atoms with Crippen LogP contribution >= 0.6 is 15.9 Å². The third-order valence-electron chi connectivity index (χ3n) is 5.73. The van der Waals surface area contributed by atoms with Crippen LogP contribution in [0.2, 0.25) is 0 Å². The minimum Gasteiger partial charge on any atom is -0.495 e. The molecule has 2 aliphatic carbocycles. The first kappa shape index (κ1) is 14.2. The van der Waals surface area contributed by atoms with Gasteiger partial charge in [0.1, 0.15) is 5.75 Å². The van der Waals surface area contributed by atoms with Crippen molar-refractivity contribution < 1.29 is 4.74 Å². The molecule has 2 fully saturated rings. The number of methoxy groups -OCH3 is 1. The van der Waals surface area contributed by atoms with Gasteiger partial charge in [-0.05, 0) is 64.1 Å². The number of fused-ring (bicyclic) bond motifs is 2. The van der Waals surface area contributed by atoms with Crippen molar-refractivity contribution in [2.45, 2.75) is 46.1 Å². The summed E-state index contributed by atoms with van der Waals surface area (Å²) >= 11 is 3.52. The molecule has 0 aromatic heterocycles. The molecule has 3 atom stereocenters. The molecule has 2 aliphatic rings. The Hall–Kier alpha value is -0.700. The molecule has 1 aromatic rings. The summed E-state index contributed by atoms with van der Waals surface area (Å²) in [6.45, 7) is 7.31. The van der Waals surface area contributed by atoms with Crippen molar-refractivity contribution in [3.63, 3.8) is 0 Å². The number of hydrogen-bond acceptors (Lipinski definition) is 2. The predicted octanol–water partition coefficient (Wildman–Crippen LogP) is 5.08. The molecule has 2 saturated carbocycles. The molecule has 0 amide bonds. The first-order chi connectivity index (χ1) is 9.37. The Kier molecular flexibility index (Phi) is 3.32. The van der Waals surface area contributed by atoms with Crippen LogP contribution in [0.25, 0.3) is 0 Å². The second-order valence-electron chi connectivity index (χ2n) is 7.34. The van der Waals surface area contributed by atoms with Crippen molar-refractivity contribution >= 4 is 21.6 Å². The Labute approximate surface area is 130 Å². The molecule has 0 heterocycles. The molecule has 1 N–H and O–H groups in total. The first-order valence-electron chi connectivity index (χ1n) is 7.47. The lowest BCUT2D eigenvalue weighted by molar-refractivity contribution is 0.155. The van der Waals surface area contributed by atoms with E-state index in [1.807, 2.05) is 0 Å². The van der Waals surface area contributed by atoms with Crippen molar-refractivity contribution in [2.24, 2.45) is 16.7 Å². The Morgan fingerprint density at radius 1 is 1.30 bits per heavy atom. The van der Waals surface area contributed by atoms with Gasteiger partial charge in [0.2, 0.25) is 0 Å². The Morgan fingerprint density at radius 2 is 2.05 bits per heavy atom. The number of benzene rings is 1. The van der Waals surface area contributed by atoms with Gasteiger partial charge in [-0.15, -0.1) is 0 Å². The molecule has 110 valence electrons. The molecule has 2 bridgehead atoms. The Balaban J connectivity index is 1.87. The van der Waals surface area contributed by atoms with Crippen LogP contribution in [0, 0.1) is 16.7 Å². The molecule has 20 heavy (non-hydrogen) atoms. The third kappa shape index (κ3) is 2.05. The van der Waals surface area contributed by atoms with Crippen LogP contribution in [0.5, 0.6) is 5.75 Å². The van der Waals surface area contributed by atoms with Crippen LogP contribution in [0.15, 0.2) is 22.7 Å². The maximum absolute atomic E-state index is 5.40. The quantitative estimate of drug-likeness (QED) is 0.829. The standard InChI is InChI=1S/C17H24BrNO/c1-16(2)11-7-8-17(3,10-11)15(16)19-12-5-6-13(18)14(9-12)20-4/h5-6,9,11,15,19H,7-8,10H2,1-4H3/t11-,15?,17+/m0/s1. The molecule has 1 aromatic carbocycles. The van der Waals surface area contributed by atoms with Gasteiger partial charge in [0, 0.05) is 17.8 Å². The lowest BCUT2D eigenvalue weighted by atomic mass is 9.68. The summed E-state index contributed by atoms with van der Waals surface area (Å²) in [7, 11) is 1.71. The lowest BCUT2D eigenvalue weighted by Crippen LogP contribution is -2.45. The highest BCUT2D eigenvalue weighted by molar-refractivity contribution is 9.10. The molecule has 0 saturated heterocycles. The van der Waals surface area contributed by atoms with Gasteiger partial charge >= 0.3 is 0 Å². The fourth-order valence-corrected chi connectivity index (χ4v) is 4.99. The summed E-state index contributed by atoms with van der Waals surface area (Å²) in [5.41, 5.74) is 1.97. The predicted molar refractivity (Wildman–Crippen MR) is 87.3 cm³/mol. The molecular weight excluding hydrogens is 314 g/mol. The van der Waals surface area contributed by atoms with E-state index in [0.717, 1.165) is 21.8 Å². The van der Waals surface area contributed by atoms with Crippen molar-refractivity contribution in [3.8, 4) is 5.75 Å². The summed E-state index contributed by atoms with van der Waals surface area (Å²) in [6, 6.07) is 6.83. The number of halogens is 1. The lowest BCUT2D eigenvalue weighted by Gasteiger charge is -2.43. The average molecular weight is 338 g/mol. The fraction of sp³-hybridized carbons (Fsp3) is 0.647. The zero-order valence-electron chi connectivity index (χ0n) is 12.8. The minimum absolute atomic E-state index is 0.368. The minimum atomic E-state index is 0.368. The fourth-order valence-electron chi connectivity index (χ4n) is 4.58. The second kappa shape index (κ2) is 4.66. The van der Waals surface area contributed by atoms with Gasteiger partial charge in [-0.25, -0.2) is 0 Å². The highest BCUT2D eigenvalue weighted by Gasteiger charge is 2.59. The largest absolute Gasteiger partial charge is 0.495 e. The molecule has 0 spiro atoms. The summed E-state index contributed by atoms with van der Waals surface area (Å²) in [4.78, 5) is 0. The van der Waals surface area contributed by atoms with Crippen molar-refractivity contribution in [1.29, 1.82) is 0 Å². The van der Waals surface area contributed by atoms with E-state index in [9.17, 15) is 0 Å². The SMILES string of the molecule is COc1cc(NC2C(C)(C)[C@H]3CC[C@]2(C)C3)ccc1Br. The van der Waals surface area contributed by atoms with Gasteiger partial charge in [-0.2, -0.15) is 0 Å². The second-order valence-corrected chi connectivity index (χ2v) is 8.20. The summed E-state index contributed by atoms with van der Waals surface area (Å²) in [5, 5.41) is 3.80. The summed E-state index contributed by atoms with van der Waals surface area (Å²) in [6.07, 6.45) is 4.11. The summed E-state index contributed by atoms with van der Waals surface area (Å²) < 4.78 is 6.41. The van der Waals surface area contributed by atoms with Crippen LogP contribution < -0.4 is 10.1 Å². The maximum Gasteiger partial charge on any atom is 0.135 e. The Morgan fingerprint density at radius 3 is 2.65 bits per heavy atom. The van der Waals surface area contributed by atoms with Crippen LogP contribution in [0.1, 0.15) is 40.0 Å². The average Bonchev–Trinajstić information content (AvgIpc) is 2.87. The van der Waals surface area contributed by atoms with Crippen LogP contribution in [0.3, 0.4) is 0 Å². The summed E-state index contributed by atoms with van der Waals surface area (Å²) in [5.74, 6) is 1.75.